The molecular formula is C19H23O6PS. The van der Waals surface area contributed by atoms with Crippen molar-refractivity contribution in [1.29, 1.82) is 0 Å². The van der Waals surface area contributed by atoms with E-state index >= 15 is 0 Å². The van der Waals surface area contributed by atoms with Gasteiger partial charge in [-0.3, -0.25) is 4.55 Å². The molecule has 1 atom stereocenters. The molecule has 27 heavy (non-hydrogen) atoms. The highest BCUT2D eigenvalue weighted by Gasteiger charge is 2.34. The van der Waals surface area contributed by atoms with Gasteiger partial charge in [0.2, 0.25) is 0 Å². The van der Waals surface area contributed by atoms with E-state index in [4.69, 9.17) is 18.1 Å². The van der Waals surface area contributed by atoms with Gasteiger partial charge in [-0.05, 0) is 47.2 Å². The molecule has 0 fully saturated rings. The zero-order valence-corrected chi connectivity index (χ0v) is 17.6. The van der Waals surface area contributed by atoms with Gasteiger partial charge < -0.3 is 13.6 Å². The Balaban J connectivity index is 1.84. The lowest BCUT2D eigenvalue weighted by Crippen LogP contribution is -2.11. The summed E-state index contributed by atoms with van der Waals surface area (Å²) in [6.45, 7) is 10.6. The summed E-state index contributed by atoms with van der Waals surface area (Å²) in [7, 11) is -5.92. The van der Waals surface area contributed by atoms with Gasteiger partial charge >= 0.3 is 8.60 Å². The Bertz CT molecular complexity index is 945. The molecule has 146 valence electrons. The SMILES string of the molecule is CC(C)c1cc(C(C)(C)C)cc2c1OP(Oc1ccc(S(=O)(=O)O)cc1)O2. The molecule has 0 saturated carbocycles. The molecule has 0 amide bonds. The fraction of sp³-hybridized carbons (Fsp3) is 0.368. The molecule has 8 heteroatoms. The summed E-state index contributed by atoms with van der Waals surface area (Å²) < 4.78 is 48.8. The van der Waals surface area contributed by atoms with Crippen LogP contribution in [-0.2, 0) is 15.5 Å². The normalized spacial score (nSPS) is 16.6. The lowest BCUT2D eigenvalue weighted by Gasteiger charge is -2.21. The summed E-state index contributed by atoms with van der Waals surface area (Å²) in [5.41, 5.74) is 2.19. The van der Waals surface area contributed by atoms with Crippen LogP contribution in [0, 0.1) is 0 Å². The Morgan fingerprint density at radius 3 is 2.22 bits per heavy atom. The Labute approximate surface area is 161 Å². The van der Waals surface area contributed by atoms with Crippen molar-refractivity contribution < 1.29 is 26.5 Å². The molecule has 0 aliphatic carbocycles. The van der Waals surface area contributed by atoms with Gasteiger partial charge in [0.25, 0.3) is 10.1 Å². The zero-order valence-electron chi connectivity index (χ0n) is 15.9. The highest BCUT2D eigenvalue weighted by molar-refractivity contribution is 7.85. The van der Waals surface area contributed by atoms with Crippen molar-refractivity contribution in [1.82, 2.24) is 0 Å². The maximum absolute atomic E-state index is 11.1. The van der Waals surface area contributed by atoms with E-state index in [1.807, 2.05) is 6.07 Å². The molecule has 0 radical (unpaired) electrons. The van der Waals surface area contributed by atoms with Crippen LogP contribution in [0.5, 0.6) is 17.2 Å². The first-order valence-electron chi connectivity index (χ1n) is 8.55. The predicted molar refractivity (Wildman–Crippen MR) is 104 cm³/mol. The maximum atomic E-state index is 11.1. The number of benzene rings is 2. The lowest BCUT2D eigenvalue weighted by atomic mass is 9.84. The second-order valence-electron chi connectivity index (χ2n) is 7.74. The molecule has 6 nitrogen and oxygen atoms in total. The molecule has 0 aromatic heterocycles. The number of rotatable bonds is 4. The first-order valence-corrected chi connectivity index (χ1v) is 11.1. The summed E-state index contributed by atoms with van der Waals surface area (Å²) in [5.74, 6) is 2.00. The van der Waals surface area contributed by atoms with Crippen molar-refractivity contribution in [2.45, 2.75) is 50.8 Å². The quantitative estimate of drug-likeness (QED) is 0.535. The average molecular weight is 410 g/mol. The van der Waals surface area contributed by atoms with E-state index in [0.717, 1.165) is 11.1 Å². The molecular weight excluding hydrogens is 387 g/mol. The van der Waals surface area contributed by atoms with Gasteiger partial charge in [0, 0.05) is 5.56 Å². The Hall–Kier alpha value is -1.82. The molecule has 1 unspecified atom stereocenters. The van der Waals surface area contributed by atoms with Gasteiger partial charge in [-0.2, -0.15) is 8.42 Å². The van der Waals surface area contributed by atoms with Gasteiger partial charge in [0.15, 0.2) is 11.5 Å². The van der Waals surface area contributed by atoms with Crippen molar-refractivity contribution in [3.8, 4) is 17.2 Å². The minimum Gasteiger partial charge on any atom is -0.409 e. The maximum Gasteiger partial charge on any atom is 0.530 e. The number of fused-ring (bicyclic) bond motifs is 1. The van der Waals surface area contributed by atoms with Crippen LogP contribution >= 0.6 is 8.60 Å². The standard InChI is InChI=1S/C19H23O6PS/c1-12(2)16-10-13(19(3,4)5)11-17-18(16)25-26(24-17)23-14-6-8-15(9-7-14)27(20,21)22/h6-12H,1-5H3,(H,20,21,22). The van der Waals surface area contributed by atoms with Crippen molar-refractivity contribution in [2.75, 3.05) is 0 Å². The van der Waals surface area contributed by atoms with Crippen molar-refractivity contribution >= 4 is 18.7 Å². The summed E-state index contributed by atoms with van der Waals surface area (Å²) >= 11 is 0. The molecule has 1 heterocycles. The molecule has 1 aliphatic heterocycles. The van der Waals surface area contributed by atoms with Crippen LogP contribution in [0.3, 0.4) is 0 Å². The third-order valence-electron chi connectivity index (χ3n) is 4.21. The van der Waals surface area contributed by atoms with E-state index < -0.39 is 18.7 Å². The summed E-state index contributed by atoms with van der Waals surface area (Å²) in [6.07, 6.45) is 0. The van der Waals surface area contributed by atoms with Crippen LogP contribution in [0.4, 0.5) is 0 Å². The smallest absolute Gasteiger partial charge is 0.409 e. The van der Waals surface area contributed by atoms with Crippen molar-refractivity contribution in [3.05, 3.63) is 47.5 Å². The Morgan fingerprint density at radius 2 is 1.70 bits per heavy atom. The summed E-state index contributed by atoms with van der Waals surface area (Å²) in [6, 6.07) is 9.55. The van der Waals surface area contributed by atoms with Gasteiger partial charge in [-0.25, -0.2) is 0 Å². The topological polar surface area (TPSA) is 82.1 Å². The van der Waals surface area contributed by atoms with Gasteiger partial charge in [0.1, 0.15) is 5.75 Å². The summed E-state index contributed by atoms with van der Waals surface area (Å²) in [4.78, 5) is -0.198. The van der Waals surface area contributed by atoms with Crippen LogP contribution in [0.1, 0.15) is 51.7 Å². The number of hydrogen-bond donors (Lipinski definition) is 1. The third kappa shape index (κ3) is 4.37. The third-order valence-corrected chi connectivity index (χ3v) is 6.12. The molecule has 3 rings (SSSR count). The number of hydrogen-bond acceptors (Lipinski definition) is 5. The van der Waals surface area contributed by atoms with Crippen LogP contribution in [0.2, 0.25) is 0 Å². The largest absolute Gasteiger partial charge is 0.530 e. The van der Waals surface area contributed by atoms with Crippen molar-refractivity contribution in [2.24, 2.45) is 0 Å². The van der Waals surface area contributed by atoms with Gasteiger partial charge in [-0.1, -0.05) is 40.7 Å². The second kappa shape index (κ2) is 6.97. The van der Waals surface area contributed by atoms with E-state index in [-0.39, 0.29) is 16.2 Å². The fourth-order valence-corrected chi connectivity index (χ4v) is 4.15. The van der Waals surface area contributed by atoms with E-state index in [1.54, 1.807) is 0 Å². The zero-order chi connectivity index (χ0) is 20.0. The highest BCUT2D eigenvalue weighted by Crippen LogP contribution is 2.56. The molecule has 2 aromatic carbocycles. The van der Waals surface area contributed by atoms with Crippen LogP contribution in [-0.4, -0.2) is 13.0 Å². The van der Waals surface area contributed by atoms with Crippen LogP contribution < -0.4 is 13.6 Å². The average Bonchev–Trinajstić information content (AvgIpc) is 2.94. The minimum absolute atomic E-state index is 0.0279. The molecule has 0 saturated heterocycles. The second-order valence-corrected chi connectivity index (χ2v) is 10.2. The molecule has 1 aliphatic rings. The molecule has 2 aromatic rings. The van der Waals surface area contributed by atoms with Crippen LogP contribution in [0.15, 0.2) is 41.3 Å². The van der Waals surface area contributed by atoms with Crippen LogP contribution in [0.25, 0.3) is 0 Å². The molecule has 1 N–H and O–H groups in total. The van der Waals surface area contributed by atoms with Gasteiger partial charge in [-0.15, -0.1) is 0 Å². The van der Waals surface area contributed by atoms with Crippen molar-refractivity contribution in [3.63, 3.8) is 0 Å². The molecule has 0 bridgehead atoms. The Kier molecular flexibility index (Phi) is 5.14. The first-order chi connectivity index (χ1) is 12.4. The van der Waals surface area contributed by atoms with E-state index in [9.17, 15) is 8.42 Å². The fourth-order valence-electron chi connectivity index (χ4n) is 2.62. The van der Waals surface area contributed by atoms with E-state index in [1.165, 1.54) is 24.3 Å². The van der Waals surface area contributed by atoms with E-state index in [2.05, 4.69) is 40.7 Å². The predicted octanol–water partition coefficient (Wildman–Crippen LogP) is 5.43. The minimum atomic E-state index is -4.24. The van der Waals surface area contributed by atoms with E-state index in [0.29, 0.717) is 17.2 Å². The summed E-state index contributed by atoms with van der Waals surface area (Å²) in [5, 5.41) is 0. The monoisotopic (exact) mass is 410 g/mol. The lowest BCUT2D eigenvalue weighted by molar-refractivity contribution is 0.434. The molecule has 0 spiro atoms. The first kappa shape index (κ1) is 19.9. The highest BCUT2D eigenvalue weighted by atomic mass is 32.2. The Morgan fingerprint density at radius 1 is 1.07 bits per heavy atom. The van der Waals surface area contributed by atoms with Gasteiger partial charge in [0.05, 0.1) is 4.90 Å².